The number of carboxylic acids is 1. The first-order valence-electron chi connectivity index (χ1n) is 10.7. The lowest BCUT2D eigenvalue weighted by molar-refractivity contribution is 0.0699. The maximum absolute atomic E-state index is 14.4. The van der Waals surface area contributed by atoms with Crippen molar-refractivity contribution in [3.8, 4) is 11.4 Å². The van der Waals surface area contributed by atoms with Gasteiger partial charge < -0.3 is 9.67 Å². The van der Waals surface area contributed by atoms with Gasteiger partial charge in [-0.05, 0) is 63.4 Å². The summed E-state index contributed by atoms with van der Waals surface area (Å²) in [5.74, 6) is -3.89. The van der Waals surface area contributed by atoms with Crippen LogP contribution in [-0.4, -0.2) is 34.8 Å². The summed E-state index contributed by atoms with van der Waals surface area (Å²) >= 11 is 0. The molecule has 0 aliphatic heterocycles. The van der Waals surface area contributed by atoms with Gasteiger partial charge in [-0.1, -0.05) is 12.8 Å². The largest absolute Gasteiger partial charge is 0.478 e. The molecule has 7 nitrogen and oxygen atoms in total. The van der Waals surface area contributed by atoms with Crippen molar-refractivity contribution in [3.05, 3.63) is 47.4 Å². The van der Waals surface area contributed by atoms with Crippen LogP contribution in [0.3, 0.4) is 0 Å². The topological polar surface area (TPSA) is 101 Å². The van der Waals surface area contributed by atoms with Crippen molar-refractivity contribution in [1.82, 2.24) is 14.3 Å². The van der Waals surface area contributed by atoms with E-state index in [-0.39, 0.29) is 27.6 Å². The molecular weight excluding hydrogens is 452 g/mol. The second-order valence-corrected chi connectivity index (χ2v) is 10.6. The number of pyridine rings is 1. The summed E-state index contributed by atoms with van der Waals surface area (Å²) in [6.07, 6.45) is 4.73. The number of carboxylic acid groups (broad SMARTS) is 1. The van der Waals surface area contributed by atoms with Crippen molar-refractivity contribution in [2.75, 3.05) is 0 Å². The lowest BCUT2D eigenvalue weighted by Gasteiger charge is -2.19. The van der Waals surface area contributed by atoms with Crippen molar-refractivity contribution in [3.63, 3.8) is 0 Å². The second-order valence-electron chi connectivity index (χ2n) is 8.91. The number of benzene rings is 1. The van der Waals surface area contributed by atoms with E-state index < -0.39 is 27.6 Å². The van der Waals surface area contributed by atoms with E-state index in [4.69, 9.17) is 0 Å². The Kier molecular flexibility index (Phi) is 5.78. The summed E-state index contributed by atoms with van der Waals surface area (Å²) in [5, 5.41) is 10.3. The van der Waals surface area contributed by atoms with Gasteiger partial charge in [0, 0.05) is 17.6 Å². The number of nitrogens with zero attached hydrogens (tertiary/aromatic N) is 2. The molecule has 33 heavy (non-hydrogen) atoms. The fraction of sp³-hybridized carbons (Fsp3) is 0.391. The first-order valence-corrected chi connectivity index (χ1v) is 12.1. The number of nitrogens with one attached hydrogen (secondary N) is 1. The second kappa shape index (κ2) is 8.18. The van der Waals surface area contributed by atoms with Crippen molar-refractivity contribution in [2.45, 2.75) is 63.2 Å². The first kappa shape index (κ1) is 23.3. The minimum absolute atomic E-state index is 0.0136. The van der Waals surface area contributed by atoms with Gasteiger partial charge in [-0.15, -0.1) is 0 Å². The number of alkyl halides is 1. The van der Waals surface area contributed by atoms with E-state index in [1.54, 1.807) is 13.0 Å². The molecule has 1 saturated carbocycles. The molecule has 0 atom stereocenters. The smallest absolute Gasteiger partial charge is 0.338 e. The molecule has 0 radical (unpaired) electrons. The number of sulfonamides is 1. The van der Waals surface area contributed by atoms with Crippen LogP contribution in [0.15, 0.2) is 35.4 Å². The first-order chi connectivity index (χ1) is 15.4. The predicted octanol–water partition coefficient (Wildman–Crippen LogP) is 4.95. The average Bonchev–Trinajstić information content (AvgIpc) is 3.32. The highest BCUT2D eigenvalue weighted by molar-refractivity contribution is 7.89. The van der Waals surface area contributed by atoms with Gasteiger partial charge in [0.05, 0.1) is 22.5 Å². The van der Waals surface area contributed by atoms with Crippen LogP contribution in [-0.2, 0) is 10.0 Å². The van der Waals surface area contributed by atoms with Gasteiger partial charge in [-0.25, -0.2) is 22.0 Å². The molecule has 0 bridgehead atoms. The number of hydrogen-bond donors (Lipinski definition) is 2. The summed E-state index contributed by atoms with van der Waals surface area (Å²) in [6.45, 7) is 3.78. The summed E-state index contributed by atoms with van der Waals surface area (Å²) < 4.78 is 56.9. The van der Waals surface area contributed by atoms with E-state index in [0.717, 1.165) is 45.7 Å². The van der Waals surface area contributed by atoms with E-state index in [1.165, 1.54) is 18.2 Å². The van der Waals surface area contributed by atoms with Crippen molar-refractivity contribution < 1.29 is 27.1 Å². The van der Waals surface area contributed by atoms with Gasteiger partial charge in [0.2, 0.25) is 10.0 Å². The molecule has 1 aliphatic carbocycles. The van der Waals surface area contributed by atoms with Gasteiger partial charge in [-0.2, -0.15) is 4.72 Å². The number of halogens is 2. The highest BCUT2D eigenvalue weighted by Gasteiger charge is 2.31. The molecule has 0 saturated heterocycles. The zero-order valence-corrected chi connectivity index (χ0v) is 19.3. The highest BCUT2D eigenvalue weighted by Crippen LogP contribution is 2.41. The third-order valence-electron chi connectivity index (χ3n) is 5.85. The fourth-order valence-corrected chi connectivity index (χ4v) is 5.70. The zero-order chi connectivity index (χ0) is 24.1. The molecule has 176 valence electrons. The van der Waals surface area contributed by atoms with Crippen molar-refractivity contribution in [2.24, 2.45) is 0 Å². The number of aromatic nitrogens is 2. The number of hydrogen-bond acceptors (Lipinski definition) is 4. The average molecular weight is 478 g/mol. The Bertz CT molecular complexity index is 1340. The van der Waals surface area contributed by atoms with Gasteiger partial charge in [-0.3, -0.25) is 4.98 Å². The SMILES string of the molecule is Cc1cc2c(cc1F)c(C(=O)O)c(-c1ccc(S(=O)(=O)NC(C)(C)F)cn1)n2C1CCCC1. The third kappa shape index (κ3) is 4.37. The van der Waals surface area contributed by atoms with E-state index in [2.05, 4.69) is 4.98 Å². The number of rotatable bonds is 6. The lowest BCUT2D eigenvalue weighted by atomic mass is 10.1. The number of aryl methyl sites for hydroxylation is 1. The van der Waals surface area contributed by atoms with Crippen molar-refractivity contribution in [1.29, 1.82) is 0 Å². The number of aromatic carboxylic acids is 1. The summed E-state index contributed by atoms with van der Waals surface area (Å²) in [4.78, 5) is 16.3. The molecule has 0 amide bonds. The predicted molar refractivity (Wildman–Crippen MR) is 120 cm³/mol. The van der Waals surface area contributed by atoms with Gasteiger partial charge >= 0.3 is 5.97 Å². The Morgan fingerprint density at radius 3 is 2.45 bits per heavy atom. The van der Waals surface area contributed by atoms with Crippen molar-refractivity contribution >= 4 is 26.9 Å². The Balaban J connectivity index is 1.94. The molecule has 4 rings (SSSR count). The Morgan fingerprint density at radius 1 is 1.24 bits per heavy atom. The standard InChI is InChI=1S/C23H25F2N3O4S/c1-13-10-19-16(11-17(13)24)20(22(29)30)21(28(19)14-6-4-5-7-14)18-9-8-15(12-26-18)33(31,32)27-23(2,3)25/h8-12,14,27H,4-7H2,1-3H3,(H,29,30). The Morgan fingerprint density at radius 2 is 1.91 bits per heavy atom. The molecular formula is C23H25F2N3O4S. The third-order valence-corrected chi connectivity index (χ3v) is 7.47. The summed E-state index contributed by atoms with van der Waals surface area (Å²) in [5.41, 5.74) is 1.47. The maximum atomic E-state index is 14.4. The van der Waals surface area contributed by atoms with E-state index >= 15 is 0 Å². The molecule has 1 fully saturated rings. The minimum atomic E-state index is -4.17. The molecule has 2 heterocycles. The molecule has 1 aromatic carbocycles. The van der Waals surface area contributed by atoms with E-state index in [1.807, 2.05) is 9.29 Å². The Labute approximate surface area is 190 Å². The van der Waals surface area contributed by atoms with E-state index in [0.29, 0.717) is 16.8 Å². The fourth-order valence-electron chi connectivity index (χ4n) is 4.50. The van der Waals surface area contributed by atoms with Gasteiger partial charge in [0.1, 0.15) is 10.7 Å². The number of fused-ring (bicyclic) bond motifs is 1. The van der Waals surface area contributed by atoms with Crippen LogP contribution in [0, 0.1) is 12.7 Å². The van der Waals surface area contributed by atoms with Crippen LogP contribution in [0.1, 0.15) is 61.5 Å². The lowest BCUT2D eigenvalue weighted by Crippen LogP contribution is -2.39. The molecule has 10 heteroatoms. The molecule has 1 aliphatic rings. The molecule has 0 spiro atoms. The van der Waals surface area contributed by atoms with Gasteiger partial charge in [0.25, 0.3) is 0 Å². The van der Waals surface area contributed by atoms with Crippen LogP contribution in [0.4, 0.5) is 8.78 Å². The van der Waals surface area contributed by atoms with E-state index in [9.17, 15) is 27.1 Å². The summed E-state index contributed by atoms with van der Waals surface area (Å²) in [6, 6.07) is 5.54. The summed E-state index contributed by atoms with van der Waals surface area (Å²) in [7, 11) is -4.17. The van der Waals surface area contributed by atoms with Crippen LogP contribution in [0.25, 0.3) is 22.3 Å². The molecule has 2 N–H and O–H groups in total. The minimum Gasteiger partial charge on any atom is -0.478 e. The maximum Gasteiger partial charge on any atom is 0.338 e. The quantitative estimate of drug-likeness (QED) is 0.489. The zero-order valence-electron chi connectivity index (χ0n) is 18.5. The van der Waals surface area contributed by atoms with Gasteiger partial charge in [0.15, 0.2) is 5.79 Å². The molecule has 3 aromatic rings. The molecule has 0 unspecified atom stereocenters. The normalized spacial score (nSPS) is 15.4. The number of carbonyl (C=O) groups is 1. The van der Waals surface area contributed by atoms with Crippen LogP contribution in [0.2, 0.25) is 0 Å². The van der Waals surface area contributed by atoms with Crippen LogP contribution in [0.5, 0.6) is 0 Å². The van der Waals surface area contributed by atoms with Crippen LogP contribution >= 0.6 is 0 Å². The molecule has 2 aromatic heterocycles. The Hall–Kier alpha value is -2.85. The highest BCUT2D eigenvalue weighted by atomic mass is 32.2. The van der Waals surface area contributed by atoms with Crippen LogP contribution < -0.4 is 4.72 Å². The monoisotopic (exact) mass is 477 g/mol.